The van der Waals surface area contributed by atoms with E-state index in [0.717, 1.165) is 21.5 Å². The summed E-state index contributed by atoms with van der Waals surface area (Å²) in [5.74, 6) is 0. The minimum Gasteiger partial charge on any atom is -0.324 e. The number of benzene rings is 2. The zero-order chi connectivity index (χ0) is 13.1. The summed E-state index contributed by atoms with van der Waals surface area (Å²) in [6.45, 7) is 2.06. The summed E-state index contributed by atoms with van der Waals surface area (Å²) in [6.07, 6.45) is 0.814. The molecule has 1 unspecified atom stereocenters. The topological polar surface area (TPSA) is 26.0 Å². The first-order valence-electron chi connectivity index (χ1n) is 5.82. The average Bonchev–Trinajstić information content (AvgIpc) is 2.35. The van der Waals surface area contributed by atoms with Gasteiger partial charge < -0.3 is 5.73 Å². The Kier molecular flexibility index (Phi) is 4.44. The largest absolute Gasteiger partial charge is 0.324 e. The van der Waals surface area contributed by atoms with Gasteiger partial charge in [0.05, 0.1) is 0 Å². The average molecular weight is 325 g/mol. The van der Waals surface area contributed by atoms with Crippen LogP contribution in [0.25, 0.3) is 0 Å². The predicted octanol–water partition coefficient (Wildman–Crippen LogP) is 4.65. The molecule has 0 radical (unpaired) electrons. The summed E-state index contributed by atoms with van der Waals surface area (Å²) in [7, 11) is 0. The van der Waals surface area contributed by atoms with Crippen molar-refractivity contribution in [2.24, 2.45) is 5.73 Å². The molecule has 18 heavy (non-hydrogen) atoms. The van der Waals surface area contributed by atoms with Crippen molar-refractivity contribution in [2.75, 3.05) is 0 Å². The van der Waals surface area contributed by atoms with Crippen molar-refractivity contribution in [3.05, 3.63) is 68.7 Å². The summed E-state index contributed by atoms with van der Waals surface area (Å²) in [5, 5.41) is 0.738. The van der Waals surface area contributed by atoms with Gasteiger partial charge in [-0.05, 0) is 54.3 Å². The molecule has 0 saturated heterocycles. The van der Waals surface area contributed by atoms with Crippen LogP contribution in [-0.4, -0.2) is 0 Å². The normalized spacial score (nSPS) is 12.4. The Balaban J connectivity index is 2.18. The van der Waals surface area contributed by atoms with Gasteiger partial charge in [0.2, 0.25) is 0 Å². The van der Waals surface area contributed by atoms with E-state index in [1.807, 2.05) is 30.3 Å². The Morgan fingerprint density at radius 3 is 2.50 bits per heavy atom. The van der Waals surface area contributed by atoms with Crippen LogP contribution in [0.4, 0.5) is 0 Å². The highest BCUT2D eigenvalue weighted by molar-refractivity contribution is 9.10. The number of hydrogen-bond acceptors (Lipinski definition) is 1. The first-order chi connectivity index (χ1) is 8.56. The van der Waals surface area contributed by atoms with E-state index in [4.69, 9.17) is 17.3 Å². The Bertz CT molecular complexity index is 537. The molecule has 1 atom stereocenters. The molecule has 0 bridgehead atoms. The van der Waals surface area contributed by atoms with E-state index in [-0.39, 0.29) is 6.04 Å². The Morgan fingerprint density at radius 1 is 1.17 bits per heavy atom. The number of nitrogens with two attached hydrogens (primary N) is 1. The fraction of sp³-hybridized carbons (Fsp3) is 0.200. The number of aryl methyl sites for hydroxylation is 1. The van der Waals surface area contributed by atoms with E-state index in [1.165, 1.54) is 11.1 Å². The molecule has 0 fully saturated rings. The summed E-state index contributed by atoms with van der Waals surface area (Å²) >= 11 is 9.45. The molecular weight excluding hydrogens is 310 g/mol. The third-order valence-electron chi connectivity index (χ3n) is 3.01. The van der Waals surface area contributed by atoms with Crippen molar-refractivity contribution in [3.8, 4) is 0 Å². The van der Waals surface area contributed by atoms with Crippen LogP contribution in [0.3, 0.4) is 0 Å². The van der Waals surface area contributed by atoms with Crippen LogP contribution in [0, 0.1) is 6.92 Å². The minimum absolute atomic E-state index is 0.0233. The van der Waals surface area contributed by atoms with Crippen LogP contribution >= 0.6 is 27.5 Å². The summed E-state index contributed by atoms with van der Waals surface area (Å²) in [4.78, 5) is 0. The van der Waals surface area contributed by atoms with E-state index < -0.39 is 0 Å². The number of hydrogen-bond donors (Lipinski definition) is 1. The maximum atomic E-state index is 6.26. The molecule has 3 heteroatoms. The lowest BCUT2D eigenvalue weighted by Crippen LogP contribution is -2.14. The van der Waals surface area contributed by atoms with Crippen LogP contribution < -0.4 is 5.73 Å². The highest BCUT2D eigenvalue weighted by Crippen LogP contribution is 2.23. The second kappa shape index (κ2) is 5.87. The van der Waals surface area contributed by atoms with Gasteiger partial charge in [0.25, 0.3) is 0 Å². The quantitative estimate of drug-likeness (QED) is 0.873. The van der Waals surface area contributed by atoms with Gasteiger partial charge >= 0.3 is 0 Å². The lowest BCUT2D eigenvalue weighted by molar-refractivity contribution is 0.716. The molecule has 94 valence electrons. The molecule has 2 aromatic carbocycles. The first kappa shape index (κ1) is 13.6. The molecule has 0 aromatic heterocycles. The maximum absolute atomic E-state index is 6.26. The molecule has 2 rings (SSSR count). The third-order valence-corrected chi connectivity index (χ3v) is 3.77. The highest BCUT2D eigenvalue weighted by atomic mass is 79.9. The van der Waals surface area contributed by atoms with E-state index in [0.29, 0.717) is 0 Å². The molecule has 0 aliphatic carbocycles. The van der Waals surface area contributed by atoms with Crippen molar-refractivity contribution in [2.45, 2.75) is 19.4 Å². The standard InChI is InChI=1S/C15H15BrClN/c1-10-2-7-13(17)9-14(10)15(18)8-11-3-5-12(16)6-4-11/h2-7,9,15H,8,18H2,1H3. The van der Waals surface area contributed by atoms with Gasteiger partial charge in [-0.1, -0.05) is 45.7 Å². The zero-order valence-corrected chi connectivity index (χ0v) is 12.5. The van der Waals surface area contributed by atoms with Crippen molar-refractivity contribution in [3.63, 3.8) is 0 Å². The van der Waals surface area contributed by atoms with Crippen molar-refractivity contribution in [1.82, 2.24) is 0 Å². The van der Waals surface area contributed by atoms with Crippen LogP contribution in [-0.2, 0) is 6.42 Å². The second-order valence-electron chi connectivity index (χ2n) is 4.44. The first-order valence-corrected chi connectivity index (χ1v) is 6.99. The molecule has 2 aromatic rings. The zero-order valence-electron chi connectivity index (χ0n) is 10.2. The number of rotatable bonds is 3. The van der Waals surface area contributed by atoms with Crippen LogP contribution in [0.1, 0.15) is 22.7 Å². The van der Waals surface area contributed by atoms with Gasteiger partial charge in [0.15, 0.2) is 0 Å². The van der Waals surface area contributed by atoms with Gasteiger partial charge in [0.1, 0.15) is 0 Å². The molecular formula is C15H15BrClN. The number of halogens is 2. The molecule has 1 nitrogen and oxygen atoms in total. The SMILES string of the molecule is Cc1ccc(Cl)cc1C(N)Cc1ccc(Br)cc1. The lowest BCUT2D eigenvalue weighted by Gasteiger charge is -2.15. The lowest BCUT2D eigenvalue weighted by atomic mass is 9.96. The van der Waals surface area contributed by atoms with Gasteiger partial charge in [0, 0.05) is 15.5 Å². The van der Waals surface area contributed by atoms with Crippen LogP contribution in [0.5, 0.6) is 0 Å². The van der Waals surface area contributed by atoms with Gasteiger partial charge in [-0.3, -0.25) is 0 Å². The fourth-order valence-corrected chi connectivity index (χ4v) is 2.44. The molecule has 0 spiro atoms. The van der Waals surface area contributed by atoms with Crippen LogP contribution in [0.15, 0.2) is 46.9 Å². The summed E-state index contributed by atoms with van der Waals surface area (Å²) < 4.78 is 1.08. The van der Waals surface area contributed by atoms with Gasteiger partial charge in [-0.2, -0.15) is 0 Å². The van der Waals surface area contributed by atoms with Gasteiger partial charge in [-0.25, -0.2) is 0 Å². The maximum Gasteiger partial charge on any atom is 0.0409 e. The summed E-state index contributed by atoms with van der Waals surface area (Å²) in [5.41, 5.74) is 9.79. The molecule has 0 heterocycles. The second-order valence-corrected chi connectivity index (χ2v) is 5.79. The Morgan fingerprint density at radius 2 is 1.83 bits per heavy atom. The molecule has 0 aliphatic heterocycles. The summed E-state index contributed by atoms with van der Waals surface area (Å²) in [6, 6.07) is 14.1. The van der Waals surface area contributed by atoms with E-state index in [9.17, 15) is 0 Å². The van der Waals surface area contributed by atoms with Crippen molar-refractivity contribution >= 4 is 27.5 Å². The van der Waals surface area contributed by atoms with E-state index in [2.05, 4.69) is 35.0 Å². The fourth-order valence-electron chi connectivity index (χ4n) is 2.00. The molecule has 2 N–H and O–H groups in total. The monoisotopic (exact) mass is 323 g/mol. The molecule has 0 saturated carbocycles. The minimum atomic E-state index is -0.0233. The van der Waals surface area contributed by atoms with Crippen LogP contribution in [0.2, 0.25) is 5.02 Å². The molecule has 0 amide bonds. The predicted molar refractivity (Wildman–Crippen MR) is 81.0 cm³/mol. The van der Waals surface area contributed by atoms with Gasteiger partial charge in [-0.15, -0.1) is 0 Å². The highest BCUT2D eigenvalue weighted by Gasteiger charge is 2.10. The Hall–Kier alpha value is -0.830. The Labute approximate surface area is 121 Å². The van der Waals surface area contributed by atoms with E-state index >= 15 is 0 Å². The molecule has 0 aliphatic rings. The third kappa shape index (κ3) is 3.35. The van der Waals surface area contributed by atoms with Crippen molar-refractivity contribution < 1.29 is 0 Å². The van der Waals surface area contributed by atoms with Crippen molar-refractivity contribution in [1.29, 1.82) is 0 Å². The smallest absolute Gasteiger partial charge is 0.0409 e. The van der Waals surface area contributed by atoms with E-state index in [1.54, 1.807) is 0 Å².